The number of rotatable bonds is 11. The third-order valence-corrected chi connectivity index (χ3v) is 5.91. The van der Waals surface area contributed by atoms with Crippen molar-refractivity contribution in [3.8, 4) is 11.5 Å². The lowest BCUT2D eigenvalue weighted by atomic mass is 10.1. The molecule has 0 radical (unpaired) electrons. The van der Waals surface area contributed by atoms with Crippen molar-refractivity contribution in [2.45, 2.75) is 52.5 Å². The molecule has 0 saturated carbocycles. The number of thioether (sulfide) groups is 1. The van der Waals surface area contributed by atoms with E-state index in [1.165, 1.54) is 29.5 Å². The first kappa shape index (κ1) is 24.2. The van der Waals surface area contributed by atoms with Crippen LogP contribution in [0.25, 0.3) is 6.08 Å². The van der Waals surface area contributed by atoms with E-state index in [2.05, 4.69) is 6.92 Å². The van der Waals surface area contributed by atoms with Crippen LogP contribution in [0.5, 0.6) is 11.5 Å². The van der Waals surface area contributed by atoms with Crippen molar-refractivity contribution in [2.75, 3.05) is 20.3 Å². The topological polar surface area (TPSA) is 65.1 Å². The summed E-state index contributed by atoms with van der Waals surface area (Å²) in [6.07, 6.45) is 6.27. The van der Waals surface area contributed by atoms with E-state index in [0.717, 1.165) is 18.4 Å². The lowest BCUT2D eigenvalue weighted by Crippen LogP contribution is -2.42. The summed E-state index contributed by atoms with van der Waals surface area (Å²) < 4.78 is 16.6. The maximum absolute atomic E-state index is 12.8. The summed E-state index contributed by atoms with van der Waals surface area (Å²) in [6.45, 7) is 6.40. The number of hydrogen-bond acceptors (Lipinski definition) is 7. The molecule has 6 nitrogen and oxygen atoms in total. The van der Waals surface area contributed by atoms with Crippen molar-refractivity contribution in [2.24, 2.45) is 0 Å². The van der Waals surface area contributed by atoms with Gasteiger partial charge in [-0.05, 0) is 44.0 Å². The van der Waals surface area contributed by atoms with Gasteiger partial charge < -0.3 is 14.2 Å². The molecule has 1 heterocycles. The van der Waals surface area contributed by atoms with Crippen molar-refractivity contribution < 1.29 is 23.8 Å². The van der Waals surface area contributed by atoms with Gasteiger partial charge in [-0.1, -0.05) is 56.2 Å². The first-order chi connectivity index (χ1) is 14.4. The molecule has 1 fully saturated rings. The van der Waals surface area contributed by atoms with E-state index < -0.39 is 12.0 Å². The second kappa shape index (κ2) is 12.0. The van der Waals surface area contributed by atoms with E-state index in [1.54, 1.807) is 27.0 Å². The second-order valence-corrected chi connectivity index (χ2v) is 8.47. The van der Waals surface area contributed by atoms with Crippen LogP contribution >= 0.6 is 24.0 Å². The number of carbonyl (C=O) groups is 2. The van der Waals surface area contributed by atoms with Gasteiger partial charge in [-0.2, -0.15) is 0 Å². The van der Waals surface area contributed by atoms with Crippen molar-refractivity contribution in [1.82, 2.24) is 4.90 Å². The number of unbranched alkanes of at least 4 members (excludes halogenated alkanes) is 3. The summed E-state index contributed by atoms with van der Waals surface area (Å²) >= 11 is 6.48. The maximum atomic E-state index is 12.8. The Balaban J connectivity index is 2.11. The van der Waals surface area contributed by atoms with Gasteiger partial charge in [0.1, 0.15) is 10.4 Å². The van der Waals surface area contributed by atoms with Crippen LogP contribution < -0.4 is 9.47 Å². The summed E-state index contributed by atoms with van der Waals surface area (Å²) in [4.78, 5) is 26.6. The summed E-state index contributed by atoms with van der Waals surface area (Å²) in [7, 11) is 1.59. The van der Waals surface area contributed by atoms with Crippen molar-refractivity contribution in [3.63, 3.8) is 0 Å². The Hall–Kier alpha value is -2.06. The first-order valence-electron chi connectivity index (χ1n) is 10.2. The standard InChI is InChI=1S/C22H29NO5S2/c1-5-7-8-9-12-28-17-11-10-16(13-18(17)26-4)14-19-20(24)23(22(29)30-19)15(3)21(25)27-6-2/h10-11,13-15H,5-9,12H2,1-4H3/b19-14-. The molecule has 0 spiro atoms. The van der Waals surface area contributed by atoms with Crippen LogP contribution in [-0.2, 0) is 14.3 Å². The van der Waals surface area contributed by atoms with Crippen LogP contribution in [0, 0.1) is 0 Å². The molecule has 30 heavy (non-hydrogen) atoms. The Bertz CT molecular complexity index is 809. The minimum atomic E-state index is -0.763. The van der Waals surface area contributed by atoms with Gasteiger partial charge in [0.05, 0.1) is 25.2 Å². The molecule has 164 valence electrons. The van der Waals surface area contributed by atoms with E-state index in [-0.39, 0.29) is 12.5 Å². The zero-order valence-corrected chi connectivity index (χ0v) is 19.6. The lowest BCUT2D eigenvalue weighted by Gasteiger charge is -2.21. The summed E-state index contributed by atoms with van der Waals surface area (Å²) in [5, 5.41) is 0. The molecule has 0 N–H and O–H groups in total. The van der Waals surface area contributed by atoms with Gasteiger partial charge in [-0.25, -0.2) is 4.79 Å². The second-order valence-electron chi connectivity index (χ2n) is 6.80. The fourth-order valence-corrected chi connectivity index (χ4v) is 4.36. The Morgan fingerprint density at radius 1 is 1.23 bits per heavy atom. The fraction of sp³-hybridized carbons (Fsp3) is 0.500. The number of methoxy groups -OCH3 is 1. The van der Waals surface area contributed by atoms with Gasteiger partial charge >= 0.3 is 5.97 Å². The number of benzene rings is 1. The number of carbonyl (C=O) groups excluding carboxylic acids is 2. The predicted molar refractivity (Wildman–Crippen MR) is 124 cm³/mol. The number of esters is 1. The smallest absolute Gasteiger partial charge is 0.329 e. The monoisotopic (exact) mass is 451 g/mol. The molecule has 1 aliphatic heterocycles. The van der Waals surface area contributed by atoms with Crippen molar-refractivity contribution in [1.29, 1.82) is 0 Å². The van der Waals surface area contributed by atoms with E-state index in [0.29, 0.717) is 27.3 Å². The normalized spacial score (nSPS) is 16.1. The lowest BCUT2D eigenvalue weighted by molar-refractivity contribution is -0.149. The van der Waals surface area contributed by atoms with E-state index in [9.17, 15) is 9.59 Å². The predicted octanol–water partition coefficient (Wildman–Crippen LogP) is 4.81. The van der Waals surface area contributed by atoms with Crippen LogP contribution in [0.1, 0.15) is 52.0 Å². The zero-order chi connectivity index (χ0) is 22.1. The molecule has 1 aliphatic rings. The Labute approximate surface area is 187 Å². The molecule has 0 aliphatic carbocycles. The molecule has 1 atom stereocenters. The third-order valence-electron chi connectivity index (χ3n) is 4.58. The zero-order valence-electron chi connectivity index (χ0n) is 17.9. The Morgan fingerprint density at radius 2 is 2.00 bits per heavy atom. The molecular weight excluding hydrogens is 422 g/mol. The maximum Gasteiger partial charge on any atom is 0.329 e. The van der Waals surface area contributed by atoms with Crippen molar-refractivity contribution >= 4 is 46.3 Å². The van der Waals surface area contributed by atoms with Crippen LogP contribution in [0.15, 0.2) is 23.1 Å². The fourth-order valence-electron chi connectivity index (χ4n) is 2.94. The third kappa shape index (κ3) is 6.22. The molecule has 8 heteroatoms. The van der Waals surface area contributed by atoms with Gasteiger partial charge in [0.2, 0.25) is 0 Å². The van der Waals surface area contributed by atoms with Gasteiger partial charge in [0, 0.05) is 0 Å². The van der Waals surface area contributed by atoms with Crippen LogP contribution in [0.2, 0.25) is 0 Å². The largest absolute Gasteiger partial charge is 0.493 e. The van der Waals surface area contributed by atoms with Crippen molar-refractivity contribution in [3.05, 3.63) is 28.7 Å². The number of nitrogens with zero attached hydrogens (tertiary/aromatic N) is 1. The number of hydrogen-bond donors (Lipinski definition) is 0. The quantitative estimate of drug-likeness (QED) is 0.207. The van der Waals surface area contributed by atoms with Gasteiger partial charge in [-0.3, -0.25) is 9.69 Å². The number of ether oxygens (including phenoxy) is 3. The number of amides is 1. The average molecular weight is 452 g/mol. The van der Waals surface area contributed by atoms with E-state index in [1.807, 2.05) is 18.2 Å². The highest BCUT2D eigenvalue weighted by Crippen LogP contribution is 2.36. The molecule has 1 unspecified atom stereocenters. The van der Waals surface area contributed by atoms with Crippen LogP contribution in [0.3, 0.4) is 0 Å². The molecule has 0 aromatic heterocycles. The summed E-state index contributed by atoms with van der Waals surface area (Å²) in [5.41, 5.74) is 0.787. The molecule has 2 rings (SSSR count). The van der Waals surface area contributed by atoms with E-state index >= 15 is 0 Å². The highest BCUT2D eigenvalue weighted by molar-refractivity contribution is 8.26. The van der Waals surface area contributed by atoms with Crippen LogP contribution in [0.4, 0.5) is 0 Å². The first-order valence-corrected chi connectivity index (χ1v) is 11.4. The average Bonchev–Trinajstić information content (AvgIpc) is 3.01. The molecule has 1 saturated heterocycles. The molecule has 0 bridgehead atoms. The Morgan fingerprint density at radius 3 is 2.67 bits per heavy atom. The summed E-state index contributed by atoms with van der Waals surface area (Å²) in [5.74, 6) is 0.502. The molecule has 1 amide bonds. The van der Waals surface area contributed by atoms with Gasteiger partial charge in [-0.15, -0.1) is 0 Å². The van der Waals surface area contributed by atoms with Gasteiger partial charge in [0.15, 0.2) is 11.5 Å². The van der Waals surface area contributed by atoms with Gasteiger partial charge in [0.25, 0.3) is 5.91 Å². The highest BCUT2D eigenvalue weighted by Gasteiger charge is 2.38. The molecule has 1 aromatic rings. The summed E-state index contributed by atoms with van der Waals surface area (Å²) in [6, 6.07) is 4.77. The molecular formula is C22H29NO5S2. The highest BCUT2D eigenvalue weighted by atomic mass is 32.2. The van der Waals surface area contributed by atoms with E-state index in [4.69, 9.17) is 26.4 Å². The minimum absolute atomic E-state index is 0.251. The SMILES string of the molecule is CCCCCCOc1ccc(/C=C2\SC(=S)N(C(C)C(=O)OCC)C2=O)cc1OC. The van der Waals surface area contributed by atoms with Crippen LogP contribution in [-0.4, -0.2) is 47.5 Å². The number of thiocarbonyl (C=S) groups is 1. The minimum Gasteiger partial charge on any atom is -0.493 e. The Kier molecular flexibility index (Phi) is 9.65. The molecule has 1 aromatic carbocycles.